The molecule has 0 radical (unpaired) electrons. The molecule has 0 aliphatic heterocycles. The van der Waals surface area contributed by atoms with Crippen LogP contribution in [0.15, 0.2) is 28.7 Å². The van der Waals surface area contributed by atoms with Crippen LogP contribution in [0, 0.1) is 5.92 Å². The Kier molecular flexibility index (Phi) is 4.87. The van der Waals surface area contributed by atoms with Crippen LogP contribution >= 0.6 is 15.9 Å². The molecule has 1 fully saturated rings. The van der Waals surface area contributed by atoms with Gasteiger partial charge in [-0.3, -0.25) is 0 Å². The fraction of sp³-hybridized carbons (Fsp3) is 0.600. The van der Waals surface area contributed by atoms with E-state index < -0.39 is 6.10 Å². The highest BCUT2D eigenvalue weighted by molar-refractivity contribution is 9.10. The highest BCUT2D eigenvalue weighted by Gasteiger charge is 2.37. The van der Waals surface area contributed by atoms with Gasteiger partial charge in [0.15, 0.2) is 0 Å². The van der Waals surface area contributed by atoms with Gasteiger partial charge in [-0.25, -0.2) is 0 Å². The molecule has 106 valence electrons. The van der Waals surface area contributed by atoms with E-state index in [1.54, 1.807) is 0 Å². The van der Waals surface area contributed by atoms with Gasteiger partial charge in [0.25, 0.3) is 0 Å². The van der Waals surface area contributed by atoms with Crippen LogP contribution in [-0.2, 0) is 0 Å². The van der Waals surface area contributed by atoms with Gasteiger partial charge in [0, 0.05) is 16.6 Å². The molecule has 3 nitrogen and oxygen atoms in total. The zero-order valence-corrected chi connectivity index (χ0v) is 13.1. The number of β-amino-alcohol motifs (C(OH)–C–C–N with tert-alkyl or cyclic N) is 1. The molecule has 1 atom stereocenters. The van der Waals surface area contributed by atoms with Crippen molar-refractivity contribution in [2.45, 2.75) is 38.3 Å². The molecule has 0 aromatic heterocycles. The Balaban J connectivity index is 1.71. The molecule has 2 N–H and O–H groups in total. The van der Waals surface area contributed by atoms with Crippen LogP contribution in [0.1, 0.15) is 26.7 Å². The number of aliphatic hydroxyl groups excluding tert-OH is 1. The number of hydrogen-bond acceptors (Lipinski definition) is 3. The van der Waals surface area contributed by atoms with Gasteiger partial charge in [-0.2, -0.15) is 0 Å². The quantitative estimate of drug-likeness (QED) is 0.809. The average Bonchev–Trinajstić information content (AvgIpc) is 3.18. The maximum atomic E-state index is 9.95. The minimum absolute atomic E-state index is 0.122. The summed E-state index contributed by atoms with van der Waals surface area (Å²) in [5, 5.41) is 13.4. The molecular formula is C15H22BrNO2. The van der Waals surface area contributed by atoms with Crippen molar-refractivity contribution < 1.29 is 9.84 Å². The molecular weight excluding hydrogens is 306 g/mol. The molecule has 1 unspecified atom stereocenters. The van der Waals surface area contributed by atoms with Crippen molar-refractivity contribution in [2.24, 2.45) is 5.92 Å². The summed E-state index contributed by atoms with van der Waals surface area (Å²) in [4.78, 5) is 0. The zero-order chi connectivity index (χ0) is 13.9. The Morgan fingerprint density at radius 1 is 1.47 bits per heavy atom. The third-order valence-electron chi connectivity index (χ3n) is 3.63. The first-order chi connectivity index (χ1) is 8.97. The molecule has 1 aromatic rings. The van der Waals surface area contributed by atoms with E-state index >= 15 is 0 Å². The SMILES string of the molecule is CC(C)(NCC(O)COc1cccc(Br)c1)C1CC1. The highest BCUT2D eigenvalue weighted by atomic mass is 79.9. The van der Waals surface area contributed by atoms with Gasteiger partial charge in [-0.15, -0.1) is 0 Å². The number of nitrogens with one attached hydrogen (secondary N) is 1. The zero-order valence-electron chi connectivity index (χ0n) is 11.5. The van der Waals surface area contributed by atoms with Crippen LogP contribution in [0.2, 0.25) is 0 Å². The summed E-state index contributed by atoms with van der Waals surface area (Å²) in [5.41, 5.74) is 0.122. The third kappa shape index (κ3) is 4.79. The van der Waals surface area contributed by atoms with Gasteiger partial charge in [-0.05, 0) is 50.8 Å². The van der Waals surface area contributed by atoms with Crippen LogP contribution in [0.3, 0.4) is 0 Å². The first kappa shape index (κ1) is 14.8. The predicted octanol–water partition coefficient (Wildman–Crippen LogP) is 2.97. The van der Waals surface area contributed by atoms with E-state index in [1.807, 2.05) is 24.3 Å². The number of halogens is 1. The molecule has 0 heterocycles. The second kappa shape index (κ2) is 6.25. The smallest absolute Gasteiger partial charge is 0.120 e. The molecule has 19 heavy (non-hydrogen) atoms. The number of benzene rings is 1. The first-order valence-corrected chi connectivity index (χ1v) is 7.58. The lowest BCUT2D eigenvalue weighted by Gasteiger charge is -2.27. The van der Waals surface area contributed by atoms with E-state index in [9.17, 15) is 5.11 Å². The number of ether oxygens (including phenoxy) is 1. The predicted molar refractivity (Wildman–Crippen MR) is 80.4 cm³/mol. The van der Waals surface area contributed by atoms with E-state index in [2.05, 4.69) is 35.1 Å². The standard InChI is InChI=1S/C15H22BrNO2/c1-15(2,11-6-7-11)17-9-13(18)10-19-14-5-3-4-12(16)8-14/h3-5,8,11,13,17-18H,6-7,9-10H2,1-2H3. The number of rotatable bonds is 7. The highest BCUT2D eigenvalue weighted by Crippen LogP contribution is 2.39. The molecule has 0 saturated heterocycles. The van der Waals surface area contributed by atoms with Gasteiger partial charge >= 0.3 is 0 Å². The van der Waals surface area contributed by atoms with Crippen molar-refractivity contribution >= 4 is 15.9 Å². The monoisotopic (exact) mass is 327 g/mol. The van der Waals surface area contributed by atoms with Crippen molar-refractivity contribution in [3.05, 3.63) is 28.7 Å². The molecule has 1 aliphatic carbocycles. The summed E-state index contributed by atoms with van der Waals surface area (Å²) in [6, 6.07) is 7.65. The summed E-state index contributed by atoms with van der Waals surface area (Å²) in [5.74, 6) is 1.53. The van der Waals surface area contributed by atoms with Crippen LogP contribution in [0.5, 0.6) is 5.75 Å². The van der Waals surface area contributed by atoms with Gasteiger partial charge in [0.1, 0.15) is 18.5 Å². The summed E-state index contributed by atoms with van der Waals surface area (Å²) in [6.07, 6.45) is 2.10. The van der Waals surface area contributed by atoms with Gasteiger partial charge in [0.05, 0.1) is 0 Å². The molecule has 1 aliphatic rings. The van der Waals surface area contributed by atoms with Crippen LogP contribution in [-0.4, -0.2) is 29.9 Å². The lowest BCUT2D eigenvalue weighted by atomic mass is 9.98. The van der Waals surface area contributed by atoms with E-state index in [1.165, 1.54) is 12.8 Å². The average molecular weight is 328 g/mol. The number of hydrogen-bond donors (Lipinski definition) is 2. The molecule has 1 saturated carbocycles. The fourth-order valence-corrected chi connectivity index (χ4v) is 2.52. The van der Waals surface area contributed by atoms with E-state index in [0.29, 0.717) is 13.2 Å². The molecule has 2 rings (SSSR count). The van der Waals surface area contributed by atoms with Gasteiger partial charge in [-0.1, -0.05) is 22.0 Å². The molecule has 4 heteroatoms. The Labute approximate surface area is 123 Å². The summed E-state index contributed by atoms with van der Waals surface area (Å²) in [7, 11) is 0. The minimum atomic E-state index is -0.489. The minimum Gasteiger partial charge on any atom is -0.491 e. The van der Waals surface area contributed by atoms with Crippen molar-refractivity contribution in [2.75, 3.05) is 13.2 Å². The lowest BCUT2D eigenvalue weighted by Crippen LogP contribution is -2.46. The molecule has 0 amide bonds. The Morgan fingerprint density at radius 2 is 2.21 bits per heavy atom. The summed E-state index contributed by atoms with van der Waals surface area (Å²) < 4.78 is 6.55. The van der Waals surface area contributed by atoms with Crippen molar-refractivity contribution in [3.8, 4) is 5.75 Å². The van der Waals surface area contributed by atoms with Crippen molar-refractivity contribution in [1.82, 2.24) is 5.32 Å². The van der Waals surface area contributed by atoms with Crippen molar-refractivity contribution in [3.63, 3.8) is 0 Å². The fourth-order valence-electron chi connectivity index (χ4n) is 2.14. The second-order valence-corrected chi connectivity index (χ2v) is 6.71. The Morgan fingerprint density at radius 3 is 2.84 bits per heavy atom. The maximum absolute atomic E-state index is 9.95. The van der Waals surface area contributed by atoms with Crippen LogP contribution in [0.25, 0.3) is 0 Å². The number of aliphatic hydroxyl groups is 1. The van der Waals surface area contributed by atoms with Gasteiger partial charge in [0.2, 0.25) is 0 Å². The maximum Gasteiger partial charge on any atom is 0.120 e. The first-order valence-electron chi connectivity index (χ1n) is 6.79. The normalized spacial score (nSPS) is 17.3. The van der Waals surface area contributed by atoms with E-state index in [0.717, 1.165) is 16.1 Å². The third-order valence-corrected chi connectivity index (χ3v) is 4.12. The topological polar surface area (TPSA) is 41.5 Å². The molecule has 0 bridgehead atoms. The van der Waals surface area contributed by atoms with Crippen LogP contribution < -0.4 is 10.1 Å². The second-order valence-electron chi connectivity index (χ2n) is 5.80. The Bertz CT molecular complexity index is 418. The van der Waals surface area contributed by atoms with E-state index in [4.69, 9.17) is 4.74 Å². The largest absolute Gasteiger partial charge is 0.491 e. The lowest BCUT2D eigenvalue weighted by molar-refractivity contribution is 0.0970. The Hall–Kier alpha value is -0.580. The molecule has 0 spiro atoms. The molecule has 1 aromatic carbocycles. The summed E-state index contributed by atoms with van der Waals surface area (Å²) in [6.45, 7) is 5.28. The van der Waals surface area contributed by atoms with E-state index in [-0.39, 0.29) is 5.54 Å². The van der Waals surface area contributed by atoms with Crippen LogP contribution in [0.4, 0.5) is 0 Å². The summed E-state index contributed by atoms with van der Waals surface area (Å²) >= 11 is 3.39. The van der Waals surface area contributed by atoms with Crippen molar-refractivity contribution in [1.29, 1.82) is 0 Å². The van der Waals surface area contributed by atoms with Gasteiger partial charge < -0.3 is 15.2 Å².